The fourth-order valence-corrected chi connectivity index (χ4v) is 6.84. The molecule has 1 fully saturated rings. The Labute approximate surface area is 287 Å². The molecule has 8 nitrogen and oxygen atoms in total. The third kappa shape index (κ3) is 7.38. The molecule has 250 valence electrons. The zero-order valence-electron chi connectivity index (χ0n) is 27.8. The van der Waals surface area contributed by atoms with Gasteiger partial charge in [0.15, 0.2) is 5.78 Å². The van der Waals surface area contributed by atoms with E-state index in [4.69, 9.17) is 10.7 Å². The summed E-state index contributed by atoms with van der Waals surface area (Å²) in [5.74, 6) is -2.55. The molecule has 1 unspecified atom stereocenters. The van der Waals surface area contributed by atoms with Crippen molar-refractivity contribution in [3.05, 3.63) is 131 Å². The predicted octanol–water partition coefficient (Wildman–Crippen LogP) is 6.97. The van der Waals surface area contributed by atoms with Crippen molar-refractivity contribution in [3.8, 4) is 0 Å². The topological polar surface area (TPSA) is 122 Å². The lowest BCUT2D eigenvalue weighted by Crippen LogP contribution is -2.50. The second-order valence-electron chi connectivity index (χ2n) is 13.0. The van der Waals surface area contributed by atoms with Crippen molar-refractivity contribution in [2.24, 2.45) is 28.5 Å². The van der Waals surface area contributed by atoms with E-state index in [0.29, 0.717) is 52.5 Å². The van der Waals surface area contributed by atoms with Gasteiger partial charge in [-0.25, -0.2) is 4.99 Å². The largest absolute Gasteiger partial charge is 0.369 e. The van der Waals surface area contributed by atoms with Crippen molar-refractivity contribution in [2.75, 3.05) is 4.90 Å². The fourth-order valence-electron chi connectivity index (χ4n) is 6.84. The number of nitrogens with zero attached hydrogens (tertiary/aromatic N) is 2. The molecule has 1 heterocycles. The molecule has 4 aromatic carbocycles. The van der Waals surface area contributed by atoms with Crippen molar-refractivity contribution in [3.63, 3.8) is 0 Å². The van der Waals surface area contributed by atoms with E-state index >= 15 is 0 Å². The van der Waals surface area contributed by atoms with Gasteiger partial charge in [0.05, 0.1) is 11.4 Å². The van der Waals surface area contributed by atoms with E-state index in [0.717, 1.165) is 37.7 Å². The molecule has 49 heavy (non-hydrogen) atoms. The molecule has 1 saturated carbocycles. The SMILES string of the molecule is CCCC[C@H](C(N)=O)[C@@H](CC1CCC1)C(=O)NC1N=C(c2ccccc2)c2ccccc2N(c2cccc(C(=O)c3ccccc3)c2)C1=O. The molecule has 1 aliphatic heterocycles. The van der Waals surface area contributed by atoms with E-state index < -0.39 is 35.7 Å². The highest BCUT2D eigenvalue weighted by Gasteiger charge is 2.39. The molecule has 0 radical (unpaired) electrons. The van der Waals surface area contributed by atoms with Crippen molar-refractivity contribution in [1.82, 2.24) is 5.32 Å². The molecule has 0 bridgehead atoms. The molecule has 6 rings (SSSR count). The van der Waals surface area contributed by atoms with E-state index in [2.05, 4.69) is 5.32 Å². The van der Waals surface area contributed by atoms with Crippen LogP contribution in [0.5, 0.6) is 0 Å². The van der Waals surface area contributed by atoms with Crippen LogP contribution < -0.4 is 16.0 Å². The Kier molecular flexibility index (Phi) is 10.4. The normalized spacial score (nSPS) is 17.2. The Morgan fingerprint density at radius 3 is 2.20 bits per heavy atom. The van der Waals surface area contributed by atoms with Gasteiger partial charge in [0, 0.05) is 39.8 Å². The summed E-state index contributed by atoms with van der Waals surface area (Å²) in [6.45, 7) is 2.04. The summed E-state index contributed by atoms with van der Waals surface area (Å²) in [6, 6.07) is 32.9. The van der Waals surface area contributed by atoms with E-state index in [1.54, 1.807) is 36.4 Å². The third-order valence-corrected chi connectivity index (χ3v) is 9.71. The number of amides is 3. The summed E-state index contributed by atoms with van der Waals surface area (Å²) in [7, 11) is 0. The van der Waals surface area contributed by atoms with Crippen LogP contribution in [0.1, 0.15) is 78.9 Å². The van der Waals surface area contributed by atoms with Gasteiger partial charge in [-0.05, 0) is 37.0 Å². The highest BCUT2D eigenvalue weighted by molar-refractivity contribution is 6.22. The predicted molar refractivity (Wildman–Crippen MR) is 192 cm³/mol. The number of para-hydroxylation sites is 1. The molecule has 0 aromatic heterocycles. The van der Waals surface area contributed by atoms with Gasteiger partial charge >= 0.3 is 0 Å². The zero-order chi connectivity index (χ0) is 34.3. The Hall–Kier alpha value is -5.37. The van der Waals surface area contributed by atoms with Crippen LogP contribution in [0, 0.1) is 17.8 Å². The van der Waals surface area contributed by atoms with Crippen LogP contribution in [0.4, 0.5) is 11.4 Å². The lowest BCUT2D eigenvalue weighted by Gasteiger charge is -2.33. The highest BCUT2D eigenvalue weighted by Crippen LogP contribution is 2.37. The molecule has 2 aliphatic rings. The van der Waals surface area contributed by atoms with Gasteiger partial charge in [-0.1, -0.05) is 130 Å². The van der Waals surface area contributed by atoms with Gasteiger partial charge in [-0.15, -0.1) is 0 Å². The van der Waals surface area contributed by atoms with Gasteiger partial charge in [0.2, 0.25) is 18.0 Å². The summed E-state index contributed by atoms with van der Waals surface area (Å²) in [6.07, 6.45) is 4.47. The number of anilines is 2. The molecule has 1 aliphatic carbocycles. The first-order valence-corrected chi connectivity index (χ1v) is 17.2. The first-order chi connectivity index (χ1) is 23.9. The minimum atomic E-state index is -1.31. The standard InChI is InChI=1S/C41H42N4O4/c1-2-3-22-32(38(42)47)34(25-27-14-12-15-27)40(48)44-39-41(49)45(31-21-13-20-30(26-31)37(46)29-18-8-5-9-19-29)35-24-11-10-23-33(35)36(43-39)28-16-6-4-7-17-28/h4-11,13,16-21,23-24,26-27,32,34,39H,2-3,12,14-15,22,25H2,1H3,(H2,42,47)(H,44,48)/t32-,34+,39?/m0/s1. The molecule has 8 heteroatoms. The Morgan fingerprint density at radius 1 is 0.857 bits per heavy atom. The smallest absolute Gasteiger partial charge is 0.276 e. The lowest BCUT2D eigenvalue weighted by atomic mass is 9.73. The van der Waals surface area contributed by atoms with Crippen molar-refractivity contribution in [1.29, 1.82) is 0 Å². The minimum Gasteiger partial charge on any atom is -0.369 e. The molecular weight excluding hydrogens is 612 g/mol. The van der Waals surface area contributed by atoms with Crippen LogP contribution in [0.15, 0.2) is 114 Å². The number of aliphatic imine (C=N–C) groups is 1. The van der Waals surface area contributed by atoms with Crippen LogP contribution in [0.3, 0.4) is 0 Å². The number of rotatable bonds is 13. The summed E-state index contributed by atoms with van der Waals surface area (Å²) in [4.78, 5) is 61.9. The van der Waals surface area contributed by atoms with Gasteiger partial charge in [-0.3, -0.25) is 24.1 Å². The van der Waals surface area contributed by atoms with Gasteiger partial charge in [-0.2, -0.15) is 0 Å². The van der Waals surface area contributed by atoms with E-state index in [1.165, 1.54) is 4.90 Å². The minimum absolute atomic E-state index is 0.174. The Bertz CT molecular complexity index is 1850. The van der Waals surface area contributed by atoms with Gasteiger partial charge < -0.3 is 11.1 Å². The lowest BCUT2D eigenvalue weighted by molar-refractivity contribution is -0.136. The molecule has 3 atom stereocenters. The molecule has 0 spiro atoms. The van der Waals surface area contributed by atoms with Crippen LogP contribution in [-0.2, 0) is 14.4 Å². The number of carbonyl (C=O) groups excluding carboxylic acids is 4. The number of fused-ring (bicyclic) bond motifs is 1. The molecule has 4 aromatic rings. The average Bonchev–Trinajstić information content (AvgIpc) is 3.23. The van der Waals surface area contributed by atoms with Crippen LogP contribution in [-0.4, -0.2) is 35.4 Å². The number of primary amides is 1. The third-order valence-electron chi connectivity index (χ3n) is 9.71. The van der Waals surface area contributed by atoms with Crippen molar-refractivity contribution < 1.29 is 19.2 Å². The van der Waals surface area contributed by atoms with E-state index in [1.807, 2.05) is 79.7 Å². The maximum Gasteiger partial charge on any atom is 0.276 e. The Balaban J connectivity index is 1.43. The second kappa shape index (κ2) is 15.2. The Morgan fingerprint density at radius 2 is 1.53 bits per heavy atom. The monoisotopic (exact) mass is 654 g/mol. The number of ketones is 1. The number of hydrogen-bond donors (Lipinski definition) is 2. The number of benzodiazepines with no additional fused rings is 1. The zero-order valence-corrected chi connectivity index (χ0v) is 27.8. The quantitative estimate of drug-likeness (QED) is 0.151. The molecule has 3 amide bonds. The number of nitrogens with one attached hydrogen (secondary N) is 1. The number of nitrogens with two attached hydrogens (primary N) is 1. The number of carbonyl (C=O) groups is 4. The van der Waals surface area contributed by atoms with Crippen LogP contribution in [0.2, 0.25) is 0 Å². The average molecular weight is 655 g/mol. The first-order valence-electron chi connectivity index (χ1n) is 17.2. The van der Waals surface area contributed by atoms with Gasteiger partial charge in [0.25, 0.3) is 5.91 Å². The summed E-state index contributed by atoms with van der Waals surface area (Å²) < 4.78 is 0. The molecular formula is C41H42N4O4. The number of unbranched alkanes of at least 4 members (excludes halogenated alkanes) is 1. The maximum absolute atomic E-state index is 14.8. The molecule has 3 N–H and O–H groups in total. The van der Waals surface area contributed by atoms with Crippen LogP contribution in [0.25, 0.3) is 0 Å². The van der Waals surface area contributed by atoms with E-state index in [-0.39, 0.29) is 5.78 Å². The summed E-state index contributed by atoms with van der Waals surface area (Å²) >= 11 is 0. The van der Waals surface area contributed by atoms with Gasteiger partial charge in [0.1, 0.15) is 0 Å². The molecule has 0 saturated heterocycles. The van der Waals surface area contributed by atoms with E-state index in [9.17, 15) is 19.2 Å². The van der Waals surface area contributed by atoms with Crippen molar-refractivity contribution in [2.45, 2.75) is 58.0 Å². The number of benzene rings is 4. The summed E-state index contributed by atoms with van der Waals surface area (Å²) in [5.41, 5.74) is 9.93. The highest BCUT2D eigenvalue weighted by atomic mass is 16.2. The number of hydrogen-bond acceptors (Lipinski definition) is 5. The fraction of sp³-hybridized carbons (Fsp3) is 0.293. The van der Waals surface area contributed by atoms with Crippen LogP contribution >= 0.6 is 0 Å². The second-order valence-corrected chi connectivity index (χ2v) is 13.0. The first kappa shape index (κ1) is 33.5. The maximum atomic E-state index is 14.8. The summed E-state index contributed by atoms with van der Waals surface area (Å²) in [5, 5.41) is 2.98. The van der Waals surface area contributed by atoms with Crippen molar-refractivity contribution >= 4 is 40.6 Å².